The van der Waals surface area contributed by atoms with Gasteiger partial charge in [0.1, 0.15) is 11.2 Å². The zero-order valence-corrected chi connectivity index (χ0v) is 17.4. The van der Waals surface area contributed by atoms with Crippen molar-refractivity contribution < 1.29 is 4.57 Å². The minimum absolute atomic E-state index is 0.0640. The predicted octanol–water partition coefficient (Wildman–Crippen LogP) is 5.69. The normalized spacial score (nSPS) is 14.8. The minimum atomic E-state index is -0.0640. The lowest BCUT2D eigenvalue weighted by atomic mass is 9.90. The van der Waals surface area contributed by atoms with E-state index in [0.29, 0.717) is 0 Å². The molecule has 27 heavy (non-hydrogen) atoms. The molecule has 4 aromatic rings. The number of nitrogens with zero attached hydrogens (tertiary/aromatic N) is 2. The fourth-order valence-corrected chi connectivity index (χ4v) is 5.28. The van der Waals surface area contributed by atoms with Gasteiger partial charge >= 0.3 is 0 Å². The molecule has 2 aromatic carbocycles. The molecule has 2 heteroatoms. The lowest BCUT2D eigenvalue weighted by Gasteiger charge is -2.19. The average molecular weight is 356 g/mol. The molecule has 0 bridgehead atoms. The highest BCUT2D eigenvalue weighted by molar-refractivity contribution is 5.93. The van der Waals surface area contributed by atoms with Gasteiger partial charge in [-0.2, -0.15) is 4.40 Å². The Morgan fingerprint density at radius 3 is 2.11 bits per heavy atom. The molecule has 0 saturated carbocycles. The summed E-state index contributed by atoms with van der Waals surface area (Å²) in [4.78, 5) is 0. The lowest BCUT2D eigenvalue weighted by molar-refractivity contribution is -0.736. The first-order chi connectivity index (χ1) is 12.7. The van der Waals surface area contributed by atoms with Gasteiger partial charge in [-0.15, -0.1) is 0 Å². The number of pyridine rings is 1. The van der Waals surface area contributed by atoms with Crippen molar-refractivity contribution in [2.24, 2.45) is 0 Å². The predicted molar refractivity (Wildman–Crippen MR) is 113 cm³/mol. The summed E-state index contributed by atoms with van der Waals surface area (Å²) in [6, 6.07) is 13.5. The number of aromatic nitrogens is 2. The van der Waals surface area contributed by atoms with Gasteiger partial charge in [0.15, 0.2) is 11.2 Å². The van der Waals surface area contributed by atoms with Gasteiger partial charge in [-0.05, 0) is 75.6 Å². The SMILES string of the molecule is Cc1c(C)c(C)n2c(C)[n+]3c(c2c1C)-c1cc2ccccc2cc1C3(C)C. The van der Waals surface area contributed by atoms with Crippen LogP contribution in [0.3, 0.4) is 0 Å². The Morgan fingerprint density at radius 2 is 1.44 bits per heavy atom. The van der Waals surface area contributed by atoms with Crippen molar-refractivity contribution in [1.29, 1.82) is 0 Å². The van der Waals surface area contributed by atoms with Crippen LogP contribution in [0.4, 0.5) is 0 Å². The summed E-state index contributed by atoms with van der Waals surface area (Å²) in [5.74, 6) is 1.31. The van der Waals surface area contributed by atoms with Crippen molar-refractivity contribution in [1.82, 2.24) is 4.40 Å². The van der Waals surface area contributed by atoms with Crippen LogP contribution in [-0.2, 0) is 5.54 Å². The summed E-state index contributed by atoms with van der Waals surface area (Å²) < 4.78 is 5.04. The Kier molecular flexibility index (Phi) is 3.07. The van der Waals surface area contributed by atoms with E-state index in [2.05, 4.69) is 93.8 Å². The summed E-state index contributed by atoms with van der Waals surface area (Å²) in [6.45, 7) is 16.0. The van der Waals surface area contributed by atoms with Crippen LogP contribution in [-0.4, -0.2) is 4.40 Å². The Bertz CT molecular complexity index is 1290. The zero-order valence-electron chi connectivity index (χ0n) is 17.4. The number of aryl methyl sites for hydroxylation is 3. The van der Waals surface area contributed by atoms with Crippen LogP contribution in [0.1, 0.15) is 47.6 Å². The maximum absolute atomic E-state index is 2.56. The van der Waals surface area contributed by atoms with Crippen molar-refractivity contribution in [3.05, 3.63) is 70.2 Å². The monoisotopic (exact) mass is 355 g/mol. The molecular formula is C25H27N2+. The smallest absolute Gasteiger partial charge is 0.217 e. The lowest BCUT2D eigenvalue weighted by Crippen LogP contribution is -2.51. The maximum atomic E-state index is 2.56. The van der Waals surface area contributed by atoms with Crippen LogP contribution < -0.4 is 4.57 Å². The van der Waals surface area contributed by atoms with Crippen LogP contribution in [0.2, 0.25) is 0 Å². The van der Waals surface area contributed by atoms with Gasteiger partial charge < -0.3 is 0 Å². The molecule has 0 aliphatic carbocycles. The molecule has 136 valence electrons. The molecule has 0 fully saturated rings. The minimum Gasteiger partial charge on any atom is -0.217 e. The fraction of sp³-hybridized carbons (Fsp3) is 0.320. The summed E-state index contributed by atoms with van der Waals surface area (Å²) in [5, 5.41) is 2.64. The maximum Gasteiger partial charge on any atom is 0.259 e. The first kappa shape index (κ1) is 16.6. The molecule has 2 aromatic heterocycles. The third kappa shape index (κ3) is 1.83. The number of fused-ring (bicyclic) bond motifs is 6. The Labute approximate surface area is 161 Å². The van der Waals surface area contributed by atoms with E-state index in [1.165, 1.54) is 61.3 Å². The molecule has 5 rings (SSSR count). The van der Waals surface area contributed by atoms with E-state index in [1.54, 1.807) is 0 Å². The van der Waals surface area contributed by atoms with Gasteiger partial charge in [0.05, 0.1) is 0 Å². The van der Waals surface area contributed by atoms with Crippen LogP contribution in [0.15, 0.2) is 36.4 Å². The van der Waals surface area contributed by atoms with Gasteiger partial charge in [0, 0.05) is 23.6 Å². The van der Waals surface area contributed by atoms with Gasteiger partial charge in [-0.25, -0.2) is 4.57 Å². The Hall–Kier alpha value is -2.61. The highest BCUT2D eigenvalue weighted by Crippen LogP contribution is 2.44. The molecule has 1 aliphatic heterocycles. The highest BCUT2D eigenvalue weighted by atomic mass is 15.2. The van der Waals surface area contributed by atoms with Crippen LogP contribution in [0, 0.1) is 34.6 Å². The van der Waals surface area contributed by atoms with Crippen LogP contribution >= 0.6 is 0 Å². The number of rotatable bonds is 0. The summed E-state index contributed by atoms with van der Waals surface area (Å²) >= 11 is 0. The number of hydrogen-bond acceptors (Lipinski definition) is 0. The second-order valence-electron chi connectivity index (χ2n) is 8.68. The summed E-state index contributed by atoms with van der Waals surface area (Å²) in [7, 11) is 0. The largest absolute Gasteiger partial charge is 0.259 e. The number of hydrogen-bond donors (Lipinski definition) is 0. The van der Waals surface area contributed by atoms with Gasteiger partial charge in [-0.3, -0.25) is 0 Å². The van der Waals surface area contributed by atoms with Gasteiger partial charge in [0.2, 0.25) is 0 Å². The summed E-state index contributed by atoms with van der Waals surface area (Å²) in [5.41, 5.74) is 11.1. The quantitative estimate of drug-likeness (QED) is 0.358. The molecular weight excluding hydrogens is 328 g/mol. The molecule has 0 saturated heterocycles. The second kappa shape index (κ2) is 5.01. The van der Waals surface area contributed by atoms with Crippen molar-refractivity contribution in [3.8, 4) is 11.3 Å². The van der Waals surface area contributed by atoms with E-state index in [1.807, 2.05) is 0 Å². The fourth-order valence-electron chi connectivity index (χ4n) is 5.28. The van der Waals surface area contributed by atoms with Crippen molar-refractivity contribution in [2.45, 2.75) is 54.0 Å². The van der Waals surface area contributed by atoms with Crippen molar-refractivity contribution in [3.63, 3.8) is 0 Å². The van der Waals surface area contributed by atoms with E-state index >= 15 is 0 Å². The van der Waals surface area contributed by atoms with E-state index in [-0.39, 0.29) is 5.54 Å². The molecule has 0 N–H and O–H groups in total. The van der Waals surface area contributed by atoms with Gasteiger partial charge in [0.25, 0.3) is 5.82 Å². The van der Waals surface area contributed by atoms with Crippen LogP contribution in [0.5, 0.6) is 0 Å². The molecule has 0 unspecified atom stereocenters. The Balaban J connectivity index is 2.04. The van der Waals surface area contributed by atoms with E-state index in [4.69, 9.17) is 0 Å². The van der Waals surface area contributed by atoms with Crippen molar-refractivity contribution in [2.75, 3.05) is 0 Å². The molecule has 2 nitrogen and oxygen atoms in total. The number of imidazole rings is 1. The topological polar surface area (TPSA) is 8.29 Å². The number of benzene rings is 2. The molecule has 0 atom stereocenters. The molecule has 0 radical (unpaired) electrons. The Morgan fingerprint density at radius 1 is 0.815 bits per heavy atom. The molecule has 0 spiro atoms. The average Bonchev–Trinajstić information content (AvgIpc) is 3.08. The third-order valence-electron chi connectivity index (χ3n) is 7.04. The zero-order chi connectivity index (χ0) is 19.2. The van der Waals surface area contributed by atoms with E-state index in [0.717, 1.165) is 0 Å². The highest BCUT2D eigenvalue weighted by Gasteiger charge is 2.46. The van der Waals surface area contributed by atoms with E-state index in [9.17, 15) is 0 Å². The van der Waals surface area contributed by atoms with E-state index < -0.39 is 0 Å². The summed E-state index contributed by atoms with van der Waals surface area (Å²) in [6.07, 6.45) is 0. The first-order valence-electron chi connectivity index (χ1n) is 9.82. The third-order valence-corrected chi connectivity index (χ3v) is 7.04. The standard InChI is InChI=1S/C25H27N2/c1-14-15(2)17(4)26-18(5)27-24(23(26)16(14)3)21-12-19-10-8-9-11-20(19)13-22(21)25(27,6)7/h8-13H,1-7H3/q+1. The first-order valence-corrected chi connectivity index (χ1v) is 9.82. The van der Waals surface area contributed by atoms with Crippen LogP contribution in [0.25, 0.3) is 27.5 Å². The van der Waals surface area contributed by atoms with Gasteiger partial charge in [-0.1, -0.05) is 24.3 Å². The molecule has 1 aliphatic rings. The molecule has 0 amide bonds. The second-order valence-corrected chi connectivity index (χ2v) is 8.68. The molecule has 3 heterocycles. The van der Waals surface area contributed by atoms with Crippen molar-refractivity contribution >= 4 is 16.3 Å².